The second-order valence-electron chi connectivity index (χ2n) is 5.28. The zero-order valence-corrected chi connectivity index (χ0v) is 16.4. The summed E-state index contributed by atoms with van der Waals surface area (Å²) in [6.45, 7) is 0.259. The molecule has 0 bridgehead atoms. The number of benzene rings is 2. The van der Waals surface area contributed by atoms with Gasteiger partial charge in [0.2, 0.25) is 0 Å². The van der Waals surface area contributed by atoms with E-state index in [2.05, 4.69) is 15.3 Å². The number of para-hydroxylation sites is 2. The molecular weight excluding hydrogens is 448 g/mol. The first kappa shape index (κ1) is 19.7. The second kappa shape index (κ2) is 9.18. The second-order valence-corrected chi connectivity index (χ2v) is 5.28. The van der Waals surface area contributed by atoms with Gasteiger partial charge in [-0.1, -0.05) is 18.2 Å². The topological polar surface area (TPSA) is 77.5 Å². The predicted molar refractivity (Wildman–Crippen MR) is 111 cm³/mol. The quantitative estimate of drug-likeness (QED) is 0.342. The number of hydrogen-bond acceptors (Lipinski definition) is 3. The molecule has 0 unspecified atom stereocenters. The molecule has 3 rings (SSSR count). The third-order valence-corrected chi connectivity index (χ3v) is 3.60. The van der Waals surface area contributed by atoms with Crippen LogP contribution >= 0.6 is 24.0 Å². The van der Waals surface area contributed by atoms with E-state index >= 15 is 0 Å². The Balaban J connectivity index is 0.00000243. The van der Waals surface area contributed by atoms with Gasteiger partial charge in [0.25, 0.3) is 0 Å². The number of aliphatic imine (C=N–C) groups is 1. The highest BCUT2D eigenvalue weighted by Gasteiger charge is 2.06. The van der Waals surface area contributed by atoms with Gasteiger partial charge in [-0.25, -0.2) is 14.4 Å². The zero-order chi connectivity index (χ0) is 17.6. The van der Waals surface area contributed by atoms with E-state index in [1.807, 2.05) is 24.3 Å². The molecule has 136 valence electrons. The van der Waals surface area contributed by atoms with Crippen molar-refractivity contribution in [2.45, 2.75) is 6.54 Å². The number of anilines is 1. The summed E-state index contributed by atoms with van der Waals surface area (Å²) in [7, 11) is 1.58. The van der Waals surface area contributed by atoms with Crippen LogP contribution in [0, 0.1) is 5.82 Å². The molecule has 0 radical (unpaired) electrons. The van der Waals surface area contributed by atoms with Gasteiger partial charge in [0.1, 0.15) is 11.6 Å². The fraction of sp³-hybridized carbons (Fsp3) is 0.111. The van der Waals surface area contributed by atoms with Crippen LogP contribution in [0.15, 0.2) is 66.2 Å². The average molecular weight is 467 g/mol. The van der Waals surface area contributed by atoms with Crippen LogP contribution in [0.25, 0.3) is 5.69 Å². The molecule has 3 aromatic rings. The van der Waals surface area contributed by atoms with Crippen molar-refractivity contribution < 1.29 is 9.13 Å². The standard InChI is InChI=1S/C18H18FN5O.HI/c1-25-17-5-3-2-4-15(17)23-18(20)22-11-13-6-7-16(14(19)10-13)24-9-8-21-12-24;/h2-10,12H,11H2,1H3,(H3,20,22,23);1H. The van der Waals surface area contributed by atoms with Crippen molar-refractivity contribution in [3.8, 4) is 11.4 Å². The molecule has 0 aliphatic carbocycles. The van der Waals surface area contributed by atoms with Crippen LogP contribution in [0.1, 0.15) is 5.56 Å². The van der Waals surface area contributed by atoms with Crippen molar-refractivity contribution in [1.29, 1.82) is 0 Å². The number of guanidine groups is 1. The minimum Gasteiger partial charge on any atom is -0.495 e. The summed E-state index contributed by atoms with van der Waals surface area (Å²) in [5.41, 5.74) is 7.76. The fourth-order valence-corrected chi connectivity index (χ4v) is 2.36. The monoisotopic (exact) mass is 467 g/mol. The van der Waals surface area contributed by atoms with Gasteiger partial charge < -0.3 is 20.4 Å². The number of nitrogens with one attached hydrogen (secondary N) is 1. The number of ether oxygens (including phenoxy) is 1. The minimum absolute atomic E-state index is 0. The third-order valence-electron chi connectivity index (χ3n) is 3.60. The highest BCUT2D eigenvalue weighted by molar-refractivity contribution is 14.0. The maximum atomic E-state index is 14.2. The Hall–Kier alpha value is -2.62. The Labute approximate surface area is 167 Å². The molecule has 0 amide bonds. The van der Waals surface area contributed by atoms with Crippen molar-refractivity contribution in [3.63, 3.8) is 0 Å². The van der Waals surface area contributed by atoms with Gasteiger partial charge in [0.15, 0.2) is 5.96 Å². The lowest BCUT2D eigenvalue weighted by molar-refractivity contribution is 0.417. The van der Waals surface area contributed by atoms with E-state index in [4.69, 9.17) is 10.5 Å². The van der Waals surface area contributed by atoms with Gasteiger partial charge in [-0.2, -0.15) is 0 Å². The molecular formula is C18H19FIN5O. The first-order valence-corrected chi connectivity index (χ1v) is 7.64. The number of hydrogen-bond donors (Lipinski definition) is 2. The summed E-state index contributed by atoms with van der Waals surface area (Å²) in [5.74, 6) is 0.543. The lowest BCUT2D eigenvalue weighted by atomic mass is 10.2. The molecule has 8 heteroatoms. The minimum atomic E-state index is -0.345. The average Bonchev–Trinajstić information content (AvgIpc) is 3.15. The number of nitrogens with two attached hydrogens (primary N) is 1. The van der Waals surface area contributed by atoms with E-state index in [9.17, 15) is 4.39 Å². The van der Waals surface area contributed by atoms with E-state index < -0.39 is 0 Å². The van der Waals surface area contributed by atoms with Crippen LogP contribution in [-0.4, -0.2) is 22.6 Å². The largest absolute Gasteiger partial charge is 0.495 e. The van der Waals surface area contributed by atoms with Crippen LogP contribution in [0.3, 0.4) is 0 Å². The van der Waals surface area contributed by atoms with Gasteiger partial charge in [0, 0.05) is 12.4 Å². The summed E-state index contributed by atoms with van der Waals surface area (Å²) in [4.78, 5) is 8.16. The normalized spacial score (nSPS) is 10.9. The smallest absolute Gasteiger partial charge is 0.193 e. The Kier molecular flexibility index (Phi) is 6.96. The van der Waals surface area contributed by atoms with Crippen molar-refractivity contribution in [1.82, 2.24) is 9.55 Å². The lowest BCUT2D eigenvalue weighted by Crippen LogP contribution is -2.22. The molecule has 1 aromatic heterocycles. The molecule has 2 aromatic carbocycles. The Morgan fingerprint density at radius 1 is 1.31 bits per heavy atom. The summed E-state index contributed by atoms with van der Waals surface area (Å²) < 4.78 is 21.1. The van der Waals surface area contributed by atoms with Crippen molar-refractivity contribution in [2.75, 3.05) is 12.4 Å². The zero-order valence-electron chi connectivity index (χ0n) is 14.1. The van der Waals surface area contributed by atoms with Crippen LogP contribution < -0.4 is 15.8 Å². The summed E-state index contributed by atoms with van der Waals surface area (Å²) in [6.07, 6.45) is 4.83. The molecule has 0 aliphatic rings. The molecule has 0 spiro atoms. The molecule has 0 fully saturated rings. The van der Waals surface area contributed by atoms with Crippen LogP contribution in [0.4, 0.5) is 10.1 Å². The first-order valence-electron chi connectivity index (χ1n) is 7.64. The lowest BCUT2D eigenvalue weighted by Gasteiger charge is -2.10. The van der Waals surface area contributed by atoms with Gasteiger partial charge in [-0.05, 0) is 29.8 Å². The SMILES string of the molecule is COc1ccccc1NC(N)=NCc1ccc(-n2ccnc2)c(F)c1.I. The van der Waals surface area contributed by atoms with Crippen LogP contribution in [0.5, 0.6) is 5.75 Å². The number of nitrogens with zero attached hydrogens (tertiary/aromatic N) is 3. The van der Waals surface area contributed by atoms with Gasteiger partial charge in [-0.3, -0.25) is 0 Å². The molecule has 1 heterocycles. The molecule has 6 nitrogen and oxygen atoms in total. The number of halogens is 2. The molecule has 3 N–H and O–H groups in total. The number of methoxy groups -OCH3 is 1. The van der Waals surface area contributed by atoms with E-state index in [-0.39, 0.29) is 42.3 Å². The Morgan fingerprint density at radius 3 is 2.81 bits per heavy atom. The molecule has 26 heavy (non-hydrogen) atoms. The highest BCUT2D eigenvalue weighted by atomic mass is 127. The summed E-state index contributed by atoms with van der Waals surface area (Å²) >= 11 is 0. The van der Waals surface area contributed by atoms with Gasteiger partial charge in [-0.15, -0.1) is 24.0 Å². The van der Waals surface area contributed by atoms with Crippen LogP contribution in [0.2, 0.25) is 0 Å². The highest BCUT2D eigenvalue weighted by Crippen LogP contribution is 2.22. The van der Waals surface area contributed by atoms with E-state index in [0.717, 1.165) is 0 Å². The van der Waals surface area contributed by atoms with Gasteiger partial charge in [0.05, 0.1) is 31.4 Å². The maximum absolute atomic E-state index is 14.2. The first-order chi connectivity index (χ1) is 12.2. The summed E-state index contributed by atoms with van der Waals surface area (Å²) in [5, 5.41) is 2.98. The van der Waals surface area contributed by atoms with Crippen LogP contribution in [-0.2, 0) is 6.54 Å². The molecule has 0 atom stereocenters. The fourth-order valence-electron chi connectivity index (χ4n) is 2.36. The maximum Gasteiger partial charge on any atom is 0.193 e. The van der Waals surface area contributed by atoms with Crippen molar-refractivity contribution in [3.05, 3.63) is 72.6 Å². The number of imidazole rings is 1. The van der Waals surface area contributed by atoms with Crippen molar-refractivity contribution >= 4 is 35.6 Å². The Bertz CT molecular complexity index is 883. The number of rotatable bonds is 5. The van der Waals surface area contributed by atoms with E-state index in [1.54, 1.807) is 42.5 Å². The predicted octanol–water partition coefficient (Wildman–Crippen LogP) is 3.56. The van der Waals surface area contributed by atoms with E-state index in [0.29, 0.717) is 22.7 Å². The molecule has 0 saturated carbocycles. The number of aromatic nitrogens is 2. The molecule has 0 aliphatic heterocycles. The molecule has 0 saturated heterocycles. The van der Waals surface area contributed by atoms with Crippen molar-refractivity contribution in [2.24, 2.45) is 10.7 Å². The summed E-state index contributed by atoms with van der Waals surface area (Å²) in [6, 6.07) is 12.3. The third kappa shape index (κ3) is 4.72. The van der Waals surface area contributed by atoms with E-state index in [1.165, 1.54) is 6.07 Å². The Morgan fingerprint density at radius 2 is 2.12 bits per heavy atom. The van der Waals surface area contributed by atoms with Gasteiger partial charge >= 0.3 is 0 Å².